The first-order valence-electron chi connectivity index (χ1n) is 10.0. The van der Waals surface area contributed by atoms with Gasteiger partial charge in [-0.2, -0.15) is 4.98 Å². The Balaban J connectivity index is 1.51. The van der Waals surface area contributed by atoms with Crippen molar-refractivity contribution in [2.75, 3.05) is 26.7 Å². The monoisotopic (exact) mass is 402 g/mol. The van der Waals surface area contributed by atoms with Crippen molar-refractivity contribution in [3.8, 4) is 5.88 Å². The molecule has 1 aliphatic heterocycles. The highest BCUT2D eigenvalue weighted by molar-refractivity contribution is 5.75. The van der Waals surface area contributed by atoms with E-state index >= 15 is 0 Å². The number of piperidine rings is 1. The molecule has 0 spiro atoms. The molecule has 1 aliphatic rings. The van der Waals surface area contributed by atoms with Gasteiger partial charge in [-0.3, -0.25) is 4.79 Å². The van der Waals surface area contributed by atoms with Crippen LogP contribution in [0.2, 0.25) is 0 Å². The van der Waals surface area contributed by atoms with E-state index in [9.17, 15) is 9.59 Å². The number of carbonyl (C=O) groups is 1. The molecule has 0 aliphatic carbocycles. The number of carbonyl (C=O) groups excluding carboxylic acids is 1. The molecule has 29 heavy (non-hydrogen) atoms. The van der Waals surface area contributed by atoms with Gasteiger partial charge in [0.25, 0.3) is 5.56 Å². The minimum atomic E-state index is -0.488. The average molecular weight is 402 g/mol. The van der Waals surface area contributed by atoms with Gasteiger partial charge < -0.3 is 24.7 Å². The molecule has 0 unspecified atom stereocenters. The van der Waals surface area contributed by atoms with E-state index in [1.54, 1.807) is 13.2 Å². The first kappa shape index (κ1) is 21.1. The van der Waals surface area contributed by atoms with Crippen LogP contribution in [0.5, 0.6) is 5.88 Å². The second kappa shape index (κ2) is 8.82. The Morgan fingerprint density at radius 1 is 1.31 bits per heavy atom. The standard InChI is InChI=1S/C21H30N4O4/c1-21(2,3)29-20(27)22-16-8-11-25(12-9-16)10-7-15-13-14-5-6-17(28-4)23-18(14)24-19(15)26/h5-6,13,16H,7-12H2,1-4H3,(H,22,27)(H,23,24,26). The summed E-state index contributed by atoms with van der Waals surface area (Å²) in [5, 5.41) is 3.84. The highest BCUT2D eigenvalue weighted by atomic mass is 16.6. The fourth-order valence-electron chi connectivity index (χ4n) is 3.46. The lowest BCUT2D eigenvalue weighted by molar-refractivity contribution is 0.0479. The van der Waals surface area contributed by atoms with E-state index in [0.717, 1.165) is 43.4 Å². The molecule has 0 atom stereocenters. The summed E-state index contributed by atoms with van der Waals surface area (Å²) < 4.78 is 10.4. The zero-order chi connectivity index (χ0) is 21.0. The Hall–Kier alpha value is -2.61. The van der Waals surface area contributed by atoms with Gasteiger partial charge in [-0.05, 0) is 52.2 Å². The number of amides is 1. The van der Waals surface area contributed by atoms with Gasteiger partial charge in [-0.25, -0.2) is 4.79 Å². The van der Waals surface area contributed by atoms with E-state index in [0.29, 0.717) is 17.9 Å². The minimum absolute atomic E-state index is 0.111. The second-order valence-corrected chi connectivity index (χ2v) is 8.43. The van der Waals surface area contributed by atoms with Crippen molar-refractivity contribution in [3.63, 3.8) is 0 Å². The number of fused-ring (bicyclic) bond motifs is 1. The predicted molar refractivity (Wildman–Crippen MR) is 111 cm³/mol. The first-order valence-corrected chi connectivity index (χ1v) is 10.0. The van der Waals surface area contributed by atoms with Gasteiger partial charge in [0.2, 0.25) is 5.88 Å². The van der Waals surface area contributed by atoms with Gasteiger partial charge in [0.15, 0.2) is 0 Å². The summed E-state index contributed by atoms with van der Waals surface area (Å²) in [6, 6.07) is 5.71. The van der Waals surface area contributed by atoms with Crippen LogP contribution in [0.15, 0.2) is 23.0 Å². The Morgan fingerprint density at radius 3 is 2.69 bits per heavy atom. The maximum atomic E-state index is 12.4. The maximum Gasteiger partial charge on any atom is 0.407 e. The van der Waals surface area contributed by atoms with Crippen molar-refractivity contribution in [1.82, 2.24) is 20.2 Å². The molecule has 3 heterocycles. The molecular formula is C21H30N4O4. The molecule has 1 fully saturated rings. The van der Waals surface area contributed by atoms with Crippen molar-refractivity contribution in [2.24, 2.45) is 0 Å². The number of aromatic nitrogens is 2. The number of nitrogens with one attached hydrogen (secondary N) is 2. The number of hydrogen-bond acceptors (Lipinski definition) is 6. The number of nitrogens with zero attached hydrogens (tertiary/aromatic N) is 2. The molecule has 0 aromatic carbocycles. The minimum Gasteiger partial charge on any atom is -0.481 e. The zero-order valence-electron chi connectivity index (χ0n) is 17.6. The predicted octanol–water partition coefficient (Wildman–Crippen LogP) is 2.46. The van der Waals surface area contributed by atoms with E-state index < -0.39 is 5.60 Å². The van der Waals surface area contributed by atoms with E-state index in [2.05, 4.69) is 20.2 Å². The summed E-state index contributed by atoms with van der Waals surface area (Å²) in [5.41, 5.74) is 0.684. The van der Waals surface area contributed by atoms with Crippen LogP contribution < -0.4 is 15.6 Å². The number of aromatic amines is 1. The smallest absolute Gasteiger partial charge is 0.407 e. The van der Waals surface area contributed by atoms with Gasteiger partial charge in [-0.15, -0.1) is 0 Å². The zero-order valence-corrected chi connectivity index (χ0v) is 17.6. The number of rotatable bonds is 5. The van der Waals surface area contributed by atoms with Crippen molar-refractivity contribution in [1.29, 1.82) is 0 Å². The van der Waals surface area contributed by atoms with Crippen molar-refractivity contribution < 1.29 is 14.3 Å². The lowest BCUT2D eigenvalue weighted by Gasteiger charge is -2.32. The first-order chi connectivity index (χ1) is 13.7. The Morgan fingerprint density at radius 2 is 2.03 bits per heavy atom. The SMILES string of the molecule is COc1ccc2cc(CCN3CCC(NC(=O)OC(C)(C)C)CC3)c(=O)[nH]c2n1. The number of ether oxygens (including phenoxy) is 2. The fraction of sp³-hybridized carbons (Fsp3) is 0.571. The van der Waals surface area contributed by atoms with Crippen LogP contribution in [0.4, 0.5) is 4.79 Å². The quantitative estimate of drug-likeness (QED) is 0.798. The van der Waals surface area contributed by atoms with Crippen LogP contribution in [0.25, 0.3) is 11.0 Å². The van der Waals surface area contributed by atoms with Crippen LogP contribution in [-0.4, -0.2) is 59.3 Å². The van der Waals surface area contributed by atoms with E-state index in [1.807, 2.05) is 32.9 Å². The third-order valence-corrected chi connectivity index (χ3v) is 4.97. The van der Waals surface area contributed by atoms with E-state index in [-0.39, 0.29) is 17.7 Å². The largest absolute Gasteiger partial charge is 0.481 e. The van der Waals surface area contributed by atoms with E-state index in [1.165, 1.54) is 0 Å². The van der Waals surface area contributed by atoms with Crippen molar-refractivity contribution in [2.45, 2.75) is 51.7 Å². The Bertz CT molecular complexity index is 911. The molecule has 1 saturated heterocycles. The fourth-order valence-corrected chi connectivity index (χ4v) is 3.46. The third kappa shape index (κ3) is 5.93. The Labute approximate surface area is 170 Å². The summed E-state index contributed by atoms with van der Waals surface area (Å²) in [6.45, 7) is 8.13. The highest BCUT2D eigenvalue weighted by Crippen LogP contribution is 2.16. The molecular weight excluding hydrogens is 372 g/mol. The maximum absolute atomic E-state index is 12.4. The van der Waals surface area contributed by atoms with Crippen molar-refractivity contribution in [3.05, 3.63) is 34.1 Å². The van der Waals surface area contributed by atoms with Crippen molar-refractivity contribution >= 4 is 17.1 Å². The number of H-pyrrole nitrogens is 1. The molecule has 2 N–H and O–H groups in total. The van der Waals surface area contributed by atoms with Crippen LogP contribution in [-0.2, 0) is 11.2 Å². The molecule has 0 bridgehead atoms. The van der Waals surface area contributed by atoms with Crippen LogP contribution >= 0.6 is 0 Å². The Kier molecular flexibility index (Phi) is 6.42. The topological polar surface area (TPSA) is 96.5 Å². The number of alkyl carbamates (subject to hydrolysis) is 1. The molecule has 2 aromatic rings. The molecule has 3 rings (SSSR count). The lowest BCUT2D eigenvalue weighted by Crippen LogP contribution is -2.46. The molecule has 2 aromatic heterocycles. The summed E-state index contributed by atoms with van der Waals surface area (Å²) in [5.74, 6) is 0.476. The summed E-state index contributed by atoms with van der Waals surface area (Å²) in [6.07, 6.45) is 2.05. The van der Waals surface area contributed by atoms with Gasteiger partial charge in [0.1, 0.15) is 11.2 Å². The molecule has 0 radical (unpaired) electrons. The second-order valence-electron chi connectivity index (χ2n) is 8.43. The molecule has 8 nitrogen and oxygen atoms in total. The lowest BCUT2D eigenvalue weighted by atomic mass is 10.0. The van der Waals surface area contributed by atoms with Crippen LogP contribution in [0, 0.1) is 0 Å². The molecule has 158 valence electrons. The summed E-state index contributed by atoms with van der Waals surface area (Å²) in [7, 11) is 1.55. The molecule has 8 heteroatoms. The summed E-state index contributed by atoms with van der Waals surface area (Å²) >= 11 is 0. The highest BCUT2D eigenvalue weighted by Gasteiger charge is 2.23. The van der Waals surface area contributed by atoms with Gasteiger partial charge >= 0.3 is 6.09 Å². The third-order valence-electron chi connectivity index (χ3n) is 4.97. The van der Waals surface area contributed by atoms with Gasteiger partial charge in [-0.1, -0.05) is 0 Å². The molecule has 1 amide bonds. The van der Waals surface area contributed by atoms with Gasteiger partial charge in [0.05, 0.1) is 7.11 Å². The van der Waals surface area contributed by atoms with Gasteiger partial charge in [0, 0.05) is 42.7 Å². The number of hydrogen-bond donors (Lipinski definition) is 2. The summed E-state index contributed by atoms with van der Waals surface area (Å²) in [4.78, 5) is 33.7. The number of methoxy groups -OCH3 is 1. The van der Waals surface area contributed by atoms with Crippen LogP contribution in [0.1, 0.15) is 39.2 Å². The number of pyridine rings is 2. The molecule has 0 saturated carbocycles. The van der Waals surface area contributed by atoms with Crippen LogP contribution in [0.3, 0.4) is 0 Å². The average Bonchev–Trinajstić information content (AvgIpc) is 2.65. The number of likely N-dealkylation sites (tertiary alicyclic amines) is 1. The van der Waals surface area contributed by atoms with E-state index in [4.69, 9.17) is 9.47 Å². The normalized spacial score (nSPS) is 16.0.